The second-order valence-electron chi connectivity index (χ2n) is 13.2. The van der Waals surface area contributed by atoms with Gasteiger partial charge in [0.2, 0.25) is 0 Å². The molecule has 0 atom stereocenters. The van der Waals surface area contributed by atoms with Gasteiger partial charge in [-0.2, -0.15) is 0 Å². The van der Waals surface area contributed by atoms with Crippen molar-refractivity contribution in [2.24, 2.45) is 0 Å². The number of fused-ring (bicyclic) bond motifs is 1. The highest BCUT2D eigenvalue weighted by Gasteiger charge is 2.35. The molecule has 7 aromatic carbocycles. The molecule has 8 rings (SSSR count). The molecule has 0 spiro atoms. The number of anilines is 5. The zero-order chi connectivity index (χ0) is 32.5. The lowest BCUT2D eigenvalue weighted by atomic mass is 9.87. The zero-order valence-corrected chi connectivity index (χ0v) is 27.4. The second-order valence-corrected chi connectivity index (χ2v) is 13.2. The van der Waals surface area contributed by atoms with Crippen LogP contribution in [0, 0.1) is 0 Å². The van der Waals surface area contributed by atoms with Gasteiger partial charge in [0.25, 0.3) is 0 Å². The molecule has 0 unspecified atom stereocenters. The van der Waals surface area contributed by atoms with E-state index >= 15 is 0 Å². The third kappa shape index (κ3) is 5.67. The Hall–Kier alpha value is -5.86. The first-order chi connectivity index (χ1) is 23.5. The Morgan fingerprint density at radius 2 is 0.875 bits per heavy atom. The minimum atomic E-state index is 0.117. The summed E-state index contributed by atoms with van der Waals surface area (Å²) in [7, 11) is 0. The first kappa shape index (κ1) is 29.5. The van der Waals surface area contributed by atoms with Crippen LogP contribution in [0.2, 0.25) is 0 Å². The fraction of sp³-hybridized carbons (Fsp3) is 0.0870. The highest BCUT2D eigenvalue weighted by Crippen LogP contribution is 2.44. The van der Waals surface area contributed by atoms with Crippen molar-refractivity contribution < 1.29 is 0 Å². The van der Waals surface area contributed by atoms with E-state index in [1.165, 1.54) is 50.3 Å². The van der Waals surface area contributed by atoms with Gasteiger partial charge in [-0.05, 0) is 93.5 Å². The van der Waals surface area contributed by atoms with Crippen molar-refractivity contribution in [2.45, 2.75) is 19.3 Å². The van der Waals surface area contributed by atoms with Crippen LogP contribution in [0.4, 0.5) is 28.4 Å². The molecule has 0 saturated carbocycles. The van der Waals surface area contributed by atoms with Gasteiger partial charge in [0.05, 0.1) is 0 Å². The molecule has 0 N–H and O–H groups in total. The first-order valence-corrected chi connectivity index (χ1v) is 16.7. The number of benzene rings is 7. The van der Waals surface area contributed by atoms with Gasteiger partial charge < -0.3 is 9.80 Å². The van der Waals surface area contributed by atoms with Gasteiger partial charge in [0.1, 0.15) is 0 Å². The normalized spacial score (nSPS) is 13.2. The van der Waals surface area contributed by atoms with E-state index in [1.54, 1.807) is 0 Å². The van der Waals surface area contributed by atoms with Gasteiger partial charge >= 0.3 is 0 Å². The number of hydrogen-bond donors (Lipinski definition) is 0. The van der Waals surface area contributed by atoms with Gasteiger partial charge in [-0.3, -0.25) is 0 Å². The number of para-hydroxylation sites is 1. The summed E-state index contributed by atoms with van der Waals surface area (Å²) >= 11 is 0. The van der Waals surface area contributed by atoms with E-state index in [2.05, 4.69) is 206 Å². The summed E-state index contributed by atoms with van der Waals surface area (Å²) in [5.74, 6) is 0. The van der Waals surface area contributed by atoms with Crippen molar-refractivity contribution in [2.75, 3.05) is 16.3 Å². The van der Waals surface area contributed by atoms with Crippen LogP contribution in [0.3, 0.4) is 0 Å². The average molecular weight is 619 g/mol. The van der Waals surface area contributed by atoms with Gasteiger partial charge in [-0.25, -0.2) is 0 Å². The van der Waals surface area contributed by atoms with E-state index in [0.29, 0.717) is 0 Å². The lowest BCUT2D eigenvalue weighted by molar-refractivity contribution is 0.569. The third-order valence-electron chi connectivity index (χ3n) is 9.56. The zero-order valence-electron chi connectivity index (χ0n) is 27.4. The van der Waals surface area contributed by atoms with E-state index < -0.39 is 0 Å². The maximum Gasteiger partial charge on any atom is 0.0467 e. The van der Waals surface area contributed by atoms with E-state index in [0.717, 1.165) is 23.6 Å². The van der Waals surface area contributed by atoms with Crippen LogP contribution in [0.5, 0.6) is 0 Å². The van der Waals surface area contributed by atoms with E-state index in [1.807, 2.05) is 0 Å². The Bertz CT molecular complexity index is 2070. The van der Waals surface area contributed by atoms with Crippen LogP contribution in [0.25, 0.3) is 33.4 Å². The lowest BCUT2D eigenvalue weighted by Crippen LogP contribution is -2.24. The summed E-state index contributed by atoms with van der Waals surface area (Å²) in [4.78, 5) is 4.81. The molecule has 1 heterocycles. The molecule has 48 heavy (non-hydrogen) atoms. The molecule has 0 aromatic heterocycles. The van der Waals surface area contributed by atoms with Crippen molar-refractivity contribution in [1.82, 2.24) is 0 Å². The highest BCUT2D eigenvalue weighted by atomic mass is 15.2. The molecule has 0 amide bonds. The Morgan fingerprint density at radius 3 is 1.46 bits per heavy atom. The Morgan fingerprint density at radius 1 is 0.417 bits per heavy atom. The van der Waals surface area contributed by atoms with Crippen LogP contribution >= 0.6 is 0 Å². The quantitative estimate of drug-likeness (QED) is 0.175. The van der Waals surface area contributed by atoms with Crippen molar-refractivity contribution in [3.8, 4) is 33.4 Å². The van der Waals surface area contributed by atoms with Gasteiger partial charge in [-0.15, -0.1) is 0 Å². The van der Waals surface area contributed by atoms with Crippen LogP contribution in [-0.4, -0.2) is 6.54 Å². The molecular formula is C46H38N2. The fourth-order valence-corrected chi connectivity index (χ4v) is 7.05. The maximum atomic E-state index is 2.45. The van der Waals surface area contributed by atoms with Crippen molar-refractivity contribution in [3.63, 3.8) is 0 Å². The molecule has 2 nitrogen and oxygen atoms in total. The molecule has 0 saturated heterocycles. The van der Waals surface area contributed by atoms with Crippen molar-refractivity contribution in [3.05, 3.63) is 188 Å². The average Bonchev–Trinajstić information content (AvgIpc) is 3.43. The van der Waals surface area contributed by atoms with Gasteiger partial charge in [-0.1, -0.05) is 141 Å². The van der Waals surface area contributed by atoms with Crippen LogP contribution in [0.15, 0.2) is 182 Å². The molecule has 0 radical (unpaired) electrons. The van der Waals surface area contributed by atoms with Crippen LogP contribution in [0.1, 0.15) is 19.4 Å². The van der Waals surface area contributed by atoms with Crippen molar-refractivity contribution in [1.29, 1.82) is 0 Å². The lowest BCUT2D eigenvalue weighted by Gasteiger charge is -2.26. The first-order valence-electron chi connectivity index (χ1n) is 16.7. The molecule has 0 bridgehead atoms. The monoisotopic (exact) mass is 618 g/mol. The predicted molar refractivity (Wildman–Crippen MR) is 204 cm³/mol. The van der Waals surface area contributed by atoms with Gasteiger partial charge in [0.15, 0.2) is 0 Å². The SMILES string of the molecule is CC1(C)CN(c2ccc(-c3cccc(N(c4ccc(-c5ccccc5)cc4)c4ccc(-c5ccccc5)cc4)c3)cc2)c2ccccc21. The summed E-state index contributed by atoms with van der Waals surface area (Å²) in [6.07, 6.45) is 0. The summed E-state index contributed by atoms with van der Waals surface area (Å²) in [5, 5.41) is 0. The molecule has 7 aromatic rings. The third-order valence-corrected chi connectivity index (χ3v) is 9.56. The van der Waals surface area contributed by atoms with E-state index in [4.69, 9.17) is 0 Å². The largest absolute Gasteiger partial charge is 0.340 e. The number of nitrogens with zero attached hydrogens (tertiary/aromatic N) is 2. The molecule has 0 aliphatic carbocycles. The summed E-state index contributed by atoms with van der Waals surface area (Å²) in [6, 6.07) is 65.7. The standard InChI is InChI=1S/C46H38N2/c1-46(2)33-47(45-19-10-9-18-44(45)46)40-26-20-38(21-27-40)39-16-11-17-43(32-39)48(41-28-22-36(23-29-41)34-12-5-3-6-13-34)42-30-24-37(25-31-42)35-14-7-4-8-15-35/h3-32H,33H2,1-2H3. The molecule has 1 aliphatic rings. The minimum Gasteiger partial charge on any atom is -0.340 e. The molecular weight excluding hydrogens is 581 g/mol. The molecule has 1 aliphatic heterocycles. The predicted octanol–water partition coefficient (Wildman–Crippen LogP) is 12.6. The molecule has 2 heteroatoms. The van der Waals surface area contributed by atoms with Crippen LogP contribution in [-0.2, 0) is 5.41 Å². The molecule has 0 fully saturated rings. The van der Waals surface area contributed by atoms with E-state index in [9.17, 15) is 0 Å². The minimum absolute atomic E-state index is 0.117. The Balaban J connectivity index is 1.14. The van der Waals surface area contributed by atoms with E-state index in [-0.39, 0.29) is 5.41 Å². The highest BCUT2D eigenvalue weighted by molar-refractivity contribution is 5.83. The Kier molecular flexibility index (Phi) is 7.62. The maximum absolute atomic E-state index is 2.45. The number of hydrogen-bond acceptors (Lipinski definition) is 2. The number of rotatable bonds is 7. The second kappa shape index (κ2) is 12.4. The smallest absolute Gasteiger partial charge is 0.0467 e. The van der Waals surface area contributed by atoms with Gasteiger partial charge in [0, 0.05) is 40.4 Å². The molecule has 232 valence electrons. The van der Waals surface area contributed by atoms with Crippen LogP contribution < -0.4 is 9.80 Å². The fourth-order valence-electron chi connectivity index (χ4n) is 7.05. The summed E-state index contributed by atoms with van der Waals surface area (Å²) in [6.45, 7) is 5.64. The van der Waals surface area contributed by atoms with Crippen molar-refractivity contribution >= 4 is 28.4 Å². The Labute approximate surface area is 284 Å². The summed E-state index contributed by atoms with van der Waals surface area (Å²) < 4.78 is 0. The summed E-state index contributed by atoms with van der Waals surface area (Å²) in [5.41, 5.74) is 14.6. The topological polar surface area (TPSA) is 6.48 Å².